The summed E-state index contributed by atoms with van der Waals surface area (Å²) < 4.78 is 0. The van der Waals surface area contributed by atoms with Crippen molar-refractivity contribution in [2.24, 2.45) is 0 Å². The van der Waals surface area contributed by atoms with Crippen molar-refractivity contribution in [3.05, 3.63) is 0 Å². The fourth-order valence-corrected chi connectivity index (χ4v) is 0.701. The molecule has 0 aromatic rings. The SMILES string of the molecule is CC(=O)CC(C)=O.CC(=O)CC(C)=O.O.O. The quantitative estimate of drug-likeness (QED) is 0.606. The molecule has 0 fully saturated rings. The van der Waals surface area contributed by atoms with E-state index in [0.29, 0.717) is 0 Å². The van der Waals surface area contributed by atoms with Gasteiger partial charge in [-0.1, -0.05) is 0 Å². The summed E-state index contributed by atoms with van der Waals surface area (Å²) >= 11 is 0. The minimum atomic E-state index is -0.0625. The Morgan fingerprint density at radius 2 is 0.688 bits per heavy atom. The highest BCUT2D eigenvalue weighted by atomic mass is 16.2. The molecule has 0 atom stereocenters. The maximum Gasteiger partial charge on any atom is 0.137 e. The summed E-state index contributed by atoms with van der Waals surface area (Å²) in [6.07, 6.45) is 0.167. The van der Waals surface area contributed by atoms with E-state index in [9.17, 15) is 19.2 Å². The van der Waals surface area contributed by atoms with Gasteiger partial charge in [-0.3, -0.25) is 19.2 Å². The second-order valence-corrected chi connectivity index (χ2v) is 3.16. The van der Waals surface area contributed by atoms with Gasteiger partial charge in [-0.25, -0.2) is 0 Å². The van der Waals surface area contributed by atoms with Crippen LogP contribution in [0.5, 0.6) is 0 Å². The lowest BCUT2D eigenvalue weighted by Gasteiger charge is -1.81. The van der Waals surface area contributed by atoms with E-state index in [1.54, 1.807) is 0 Å². The maximum absolute atomic E-state index is 10.0. The molecule has 0 unspecified atom stereocenters. The van der Waals surface area contributed by atoms with Gasteiger partial charge in [0.25, 0.3) is 0 Å². The van der Waals surface area contributed by atoms with Gasteiger partial charge in [-0.05, 0) is 27.7 Å². The fraction of sp³-hybridized carbons (Fsp3) is 0.600. The van der Waals surface area contributed by atoms with Gasteiger partial charge in [0.1, 0.15) is 23.1 Å². The van der Waals surface area contributed by atoms with Crippen LogP contribution in [0.3, 0.4) is 0 Å². The van der Waals surface area contributed by atoms with Gasteiger partial charge in [-0.2, -0.15) is 0 Å². The molecular weight excluding hydrogens is 216 g/mol. The average Bonchev–Trinajstić information content (AvgIpc) is 1.79. The predicted molar refractivity (Wildman–Crippen MR) is 59.2 cm³/mol. The first-order valence-corrected chi connectivity index (χ1v) is 4.23. The third-order valence-corrected chi connectivity index (χ3v) is 0.996. The van der Waals surface area contributed by atoms with Crippen molar-refractivity contribution in [2.45, 2.75) is 40.5 Å². The zero-order chi connectivity index (χ0) is 11.7. The lowest BCUT2D eigenvalue weighted by Crippen LogP contribution is -1.97. The topological polar surface area (TPSA) is 131 Å². The first kappa shape index (κ1) is 24.0. The van der Waals surface area contributed by atoms with Gasteiger partial charge in [0.15, 0.2) is 0 Å². The number of Topliss-reactive ketones (excluding diaryl/α,β-unsaturated/α-hetero) is 4. The lowest BCUT2D eigenvalue weighted by molar-refractivity contribution is -0.126. The first-order chi connectivity index (χ1) is 6.25. The van der Waals surface area contributed by atoms with Gasteiger partial charge in [0, 0.05) is 0 Å². The van der Waals surface area contributed by atoms with Gasteiger partial charge < -0.3 is 11.0 Å². The van der Waals surface area contributed by atoms with E-state index < -0.39 is 0 Å². The maximum atomic E-state index is 10.0. The summed E-state index contributed by atoms with van der Waals surface area (Å²) in [5.41, 5.74) is 0. The van der Waals surface area contributed by atoms with Gasteiger partial charge in [-0.15, -0.1) is 0 Å². The van der Waals surface area contributed by atoms with E-state index in [-0.39, 0.29) is 46.9 Å². The predicted octanol–water partition coefficient (Wildman–Crippen LogP) is -0.540. The molecule has 0 saturated carbocycles. The van der Waals surface area contributed by atoms with Gasteiger partial charge in [0.2, 0.25) is 0 Å². The molecule has 0 bridgehead atoms. The van der Waals surface area contributed by atoms with Gasteiger partial charge in [0.05, 0.1) is 12.8 Å². The normalized spacial score (nSPS) is 7.25. The van der Waals surface area contributed by atoms with E-state index in [1.807, 2.05) is 0 Å². The highest BCUT2D eigenvalue weighted by Crippen LogP contribution is 1.80. The molecule has 0 amide bonds. The van der Waals surface area contributed by atoms with Crippen LogP contribution in [0.2, 0.25) is 0 Å². The van der Waals surface area contributed by atoms with Crippen molar-refractivity contribution in [1.82, 2.24) is 0 Å². The van der Waals surface area contributed by atoms with Crippen LogP contribution in [-0.2, 0) is 19.2 Å². The van der Waals surface area contributed by atoms with Crippen molar-refractivity contribution >= 4 is 23.1 Å². The average molecular weight is 236 g/mol. The van der Waals surface area contributed by atoms with Crippen LogP contribution in [-0.4, -0.2) is 34.1 Å². The van der Waals surface area contributed by atoms with E-state index in [0.717, 1.165) is 0 Å². The number of hydrogen-bond acceptors (Lipinski definition) is 4. The van der Waals surface area contributed by atoms with Crippen molar-refractivity contribution in [3.8, 4) is 0 Å². The molecular formula is C10H20O6. The highest BCUT2D eigenvalue weighted by molar-refractivity contribution is 5.97. The summed E-state index contributed by atoms with van der Waals surface area (Å²) in [4.78, 5) is 40.1. The minimum absolute atomic E-state index is 0. The number of carbonyl (C=O) groups is 4. The van der Waals surface area contributed by atoms with Crippen LogP contribution in [0.1, 0.15) is 40.5 Å². The Morgan fingerprint density at radius 1 is 0.562 bits per heavy atom. The first-order valence-electron chi connectivity index (χ1n) is 4.23. The van der Waals surface area contributed by atoms with E-state index in [4.69, 9.17) is 0 Å². The summed E-state index contributed by atoms with van der Waals surface area (Å²) in [6.45, 7) is 5.62. The molecule has 0 aromatic carbocycles. The van der Waals surface area contributed by atoms with Gasteiger partial charge >= 0.3 is 0 Å². The number of ketones is 4. The standard InChI is InChI=1S/2C5H8O2.2H2O/c2*1-4(6)3-5(2)7;;/h2*3H2,1-2H3;2*1H2. The van der Waals surface area contributed by atoms with Crippen LogP contribution in [0.4, 0.5) is 0 Å². The largest absolute Gasteiger partial charge is 0.412 e. The third kappa shape index (κ3) is 38.9. The summed E-state index contributed by atoms with van der Waals surface area (Å²) in [6, 6.07) is 0. The van der Waals surface area contributed by atoms with Crippen LogP contribution in [0.25, 0.3) is 0 Å². The Balaban J connectivity index is -0.0000000800. The van der Waals surface area contributed by atoms with Crippen LogP contribution in [0, 0.1) is 0 Å². The molecule has 0 aliphatic carbocycles. The van der Waals surface area contributed by atoms with E-state index in [1.165, 1.54) is 27.7 Å². The van der Waals surface area contributed by atoms with Crippen molar-refractivity contribution in [3.63, 3.8) is 0 Å². The van der Waals surface area contributed by atoms with E-state index >= 15 is 0 Å². The fourth-order valence-electron chi connectivity index (χ4n) is 0.701. The zero-order valence-corrected chi connectivity index (χ0v) is 10.0. The molecule has 0 aliphatic heterocycles. The lowest BCUT2D eigenvalue weighted by atomic mass is 10.2. The molecule has 0 saturated heterocycles. The Bertz CT molecular complexity index is 194. The zero-order valence-electron chi connectivity index (χ0n) is 10.0. The third-order valence-electron chi connectivity index (χ3n) is 0.996. The Labute approximate surface area is 94.6 Å². The Kier molecular flexibility index (Phi) is 20.4. The second-order valence-electron chi connectivity index (χ2n) is 3.16. The number of hydrogen-bond donors (Lipinski definition) is 0. The van der Waals surface area contributed by atoms with Crippen LogP contribution >= 0.6 is 0 Å². The molecule has 96 valence electrons. The van der Waals surface area contributed by atoms with Crippen LogP contribution < -0.4 is 0 Å². The molecule has 0 heterocycles. The molecule has 4 N–H and O–H groups in total. The van der Waals surface area contributed by atoms with Crippen molar-refractivity contribution in [1.29, 1.82) is 0 Å². The molecule has 0 aromatic heterocycles. The summed E-state index contributed by atoms with van der Waals surface area (Å²) in [5.74, 6) is -0.250. The molecule has 6 nitrogen and oxygen atoms in total. The smallest absolute Gasteiger partial charge is 0.137 e. The summed E-state index contributed by atoms with van der Waals surface area (Å²) in [7, 11) is 0. The number of rotatable bonds is 4. The number of carbonyl (C=O) groups excluding carboxylic acids is 4. The molecule has 16 heavy (non-hydrogen) atoms. The molecule has 0 aliphatic rings. The minimum Gasteiger partial charge on any atom is -0.412 e. The monoisotopic (exact) mass is 236 g/mol. The molecule has 0 spiro atoms. The van der Waals surface area contributed by atoms with Crippen LogP contribution in [0.15, 0.2) is 0 Å². The molecule has 6 heteroatoms. The second kappa shape index (κ2) is 13.6. The summed E-state index contributed by atoms with van der Waals surface area (Å²) in [5, 5.41) is 0. The highest BCUT2D eigenvalue weighted by Gasteiger charge is 1.95. The van der Waals surface area contributed by atoms with Crippen molar-refractivity contribution in [2.75, 3.05) is 0 Å². The van der Waals surface area contributed by atoms with E-state index in [2.05, 4.69) is 0 Å². The molecule has 0 rings (SSSR count). The van der Waals surface area contributed by atoms with Crippen molar-refractivity contribution < 1.29 is 30.1 Å². The Hall–Kier alpha value is -1.40. The molecule has 0 radical (unpaired) electrons. The Morgan fingerprint density at radius 3 is 0.688 bits per heavy atom.